The van der Waals surface area contributed by atoms with Crippen LogP contribution in [0, 0.1) is 0 Å². The van der Waals surface area contributed by atoms with Crippen molar-refractivity contribution >= 4 is 36.4 Å². The highest BCUT2D eigenvalue weighted by Gasteiger charge is 2.17. The van der Waals surface area contributed by atoms with Gasteiger partial charge < -0.3 is 10.0 Å². The summed E-state index contributed by atoms with van der Waals surface area (Å²) in [6.45, 7) is 0. The van der Waals surface area contributed by atoms with Crippen molar-refractivity contribution in [1.29, 1.82) is 0 Å². The van der Waals surface area contributed by atoms with Crippen LogP contribution in [0.3, 0.4) is 0 Å². The van der Waals surface area contributed by atoms with Gasteiger partial charge in [0.1, 0.15) is 0 Å². The van der Waals surface area contributed by atoms with Crippen molar-refractivity contribution in [2.45, 2.75) is 0 Å². The predicted octanol–water partition coefficient (Wildman–Crippen LogP) is 1.12. The van der Waals surface area contributed by atoms with Crippen molar-refractivity contribution in [3.63, 3.8) is 0 Å². The van der Waals surface area contributed by atoms with Gasteiger partial charge in [0.15, 0.2) is 0 Å². The molecule has 0 aliphatic rings. The van der Waals surface area contributed by atoms with Gasteiger partial charge in [0.2, 0.25) is 0 Å². The summed E-state index contributed by atoms with van der Waals surface area (Å²) in [6, 6.07) is 28.4. The summed E-state index contributed by atoms with van der Waals surface area (Å²) in [4.78, 5) is 0. The lowest BCUT2D eigenvalue weighted by Crippen LogP contribution is -2.31. The first-order chi connectivity index (χ1) is 10.8. The predicted molar refractivity (Wildman–Crippen MR) is 95.0 cm³/mol. The average Bonchev–Trinajstić information content (AvgIpc) is 2.57. The van der Waals surface area contributed by atoms with Crippen LogP contribution in [0.15, 0.2) is 84.9 Å². The Kier molecular flexibility index (Phi) is 4.69. The zero-order chi connectivity index (χ0) is 15.4. The van der Waals surface area contributed by atoms with Gasteiger partial charge in [-0.1, -0.05) is 84.9 Å². The second-order valence-corrected chi connectivity index (χ2v) is 7.19. The lowest BCUT2D eigenvalue weighted by atomic mass is 9.81. The largest absolute Gasteiger partial charge is 0.488 e. The number of hydrogen-bond acceptors (Lipinski definition) is 2. The molecule has 0 fully saturated rings. The van der Waals surface area contributed by atoms with Gasteiger partial charge in [-0.3, -0.25) is 0 Å². The van der Waals surface area contributed by atoms with E-state index in [0.717, 1.165) is 0 Å². The van der Waals surface area contributed by atoms with Crippen molar-refractivity contribution < 1.29 is 10.0 Å². The van der Waals surface area contributed by atoms with Gasteiger partial charge in [0.25, 0.3) is 0 Å². The molecule has 22 heavy (non-hydrogen) atoms. The number of benzene rings is 3. The number of rotatable bonds is 4. The highest BCUT2D eigenvalue weighted by Crippen LogP contribution is 2.32. The van der Waals surface area contributed by atoms with Crippen LogP contribution in [-0.4, -0.2) is 17.2 Å². The van der Waals surface area contributed by atoms with Gasteiger partial charge >= 0.3 is 7.12 Å². The van der Waals surface area contributed by atoms with E-state index in [1.165, 1.54) is 15.9 Å². The smallest absolute Gasteiger partial charge is 0.423 e. The molecule has 0 saturated carbocycles. The van der Waals surface area contributed by atoms with Crippen LogP contribution in [0.2, 0.25) is 0 Å². The quantitative estimate of drug-likeness (QED) is 0.560. The third-order valence-electron chi connectivity index (χ3n) is 3.48. The van der Waals surface area contributed by atoms with Crippen molar-refractivity contribution in [2.24, 2.45) is 0 Å². The van der Waals surface area contributed by atoms with Crippen molar-refractivity contribution in [3.05, 3.63) is 84.9 Å². The van der Waals surface area contributed by atoms with E-state index in [1.54, 1.807) is 12.1 Å². The molecule has 0 unspecified atom stereocenters. The van der Waals surface area contributed by atoms with Gasteiger partial charge in [-0.05, 0) is 29.3 Å². The first-order valence-electron chi connectivity index (χ1n) is 7.12. The minimum Gasteiger partial charge on any atom is -0.423 e. The summed E-state index contributed by atoms with van der Waals surface area (Å²) in [6.07, 6.45) is 0. The molecule has 3 aromatic rings. The standard InChI is InChI=1S/C18H16BO2P/c20-19(21)15-11-13-18(14-12-15)22(16-7-3-1-4-8-16)17-9-5-2-6-10-17/h1-14,20-21H. The molecule has 0 heterocycles. The van der Waals surface area contributed by atoms with E-state index in [2.05, 4.69) is 48.5 Å². The van der Waals surface area contributed by atoms with Gasteiger partial charge in [-0.2, -0.15) is 0 Å². The molecule has 0 aromatic heterocycles. The summed E-state index contributed by atoms with van der Waals surface area (Å²) >= 11 is 0. The fourth-order valence-electron chi connectivity index (χ4n) is 2.40. The SMILES string of the molecule is OB(O)c1ccc(P(c2ccccc2)c2ccccc2)cc1. The third kappa shape index (κ3) is 3.28. The Hall–Kier alpha value is -1.93. The van der Waals surface area contributed by atoms with Crippen LogP contribution >= 0.6 is 7.92 Å². The summed E-state index contributed by atoms with van der Waals surface area (Å²) in [5.41, 5.74) is 0.514. The maximum atomic E-state index is 9.25. The summed E-state index contributed by atoms with van der Waals surface area (Å²) in [5, 5.41) is 22.2. The van der Waals surface area contributed by atoms with Crippen LogP contribution in [0.1, 0.15) is 0 Å². The molecule has 0 radical (unpaired) electrons. The molecule has 2 nitrogen and oxygen atoms in total. The van der Waals surface area contributed by atoms with E-state index in [0.29, 0.717) is 5.46 Å². The fraction of sp³-hybridized carbons (Fsp3) is 0. The van der Waals surface area contributed by atoms with Crippen LogP contribution in [0.5, 0.6) is 0 Å². The summed E-state index contributed by atoms with van der Waals surface area (Å²) in [7, 11) is -2.06. The molecule has 0 atom stereocenters. The van der Waals surface area contributed by atoms with Gasteiger partial charge in [-0.15, -0.1) is 0 Å². The van der Waals surface area contributed by atoms with Crippen molar-refractivity contribution in [2.75, 3.05) is 0 Å². The molecule has 3 aromatic carbocycles. The Morgan fingerprint density at radius 1 is 0.545 bits per heavy atom. The van der Waals surface area contributed by atoms with Gasteiger partial charge in [0.05, 0.1) is 0 Å². The molecule has 0 saturated heterocycles. The Morgan fingerprint density at radius 2 is 0.955 bits per heavy atom. The first-order valence-corrected chi connectivity index (χ1v) is 8.46. The average molecular weight is 306 g/mol. The lowest BCUT2D eigenvalue weighted by Gasteiger charge is -2.19. The Labute approximate surface area is 132 Å². The lowest BCUT2D eigenvalue weighted by molar-refractivity contribution is 0.426. The minimum absolute atomic E-state index is 0.514. The first kappa shape index (κ1) is 15.0. The highest BCUT2D eigenvalue weighted by molar-refractivity contribution is 7.79. The molecule has 0 aliphatic carbocycles. The van der Waals surface area contributed by atoms with Gasteiger partial charge in [-0.25, -0.2) is 0 Å². The molecule has 0 bridgehead atoms. The zero-order valence-corrected chi connectivity index (χ0v) is 12.9. The zero-order valence-electron chi connectivity index (χ0n) is 12.0. The van der Waals surface area contributed by atoms with E-state index < -0.39 is 15.0 Å². The Morgan fingerprint density at radius 3 is 1.36 bits per heavy atom. The topological polar surface area (TPSA) is 40.5 Å². The van der Waals surface area contributed by atoms with Crippen molar-refractivity contribution in [3.8, 4) is 0 Å². The third-order valence-corrected chi connectivity index (χ3v) is 5.92. The summed E-state index contributed by atoms with van der Waals surface area (Å²) in [5.74, 6) is 0. The van der Waals surface area contributed by atoms with E-state index in [-0.39, 0.29) is 0 Å². The fourth-order valence-corrected chi connectivity index (χ4v) is 4.68. The highest BCUT2D eigenvalue weighted by atomic mass is 31.1. The van der Waals surface area contributed by atoms with E-state index in [9.17, 15) is 10.0 Å². The van der Waals surface area contributed by atoms with E-state index in [4.69, 9.17) is 0 Å². The van der Waals surface area contributed by atoms with Gasteiger partial charge in [0, 0.05) is 0 Å². The molecule has 2 N–H and O–H groups in total. The van der Waals surface area contributed by atoms with Crippen LogP contribution in [0.4, 0.5) is 0 Å². The molecule has 4 heteroatoms. The van der Waals surface area contributed by atoms with E-state index >= 15 is 0 Å². The maximum absolute atomic E-state index is 9.25. The van der Waals surface area contributed by atoms with Crippen molar-refractivity contribution in [1.82, 2.24) is 0 Å². The number of hydrogen-bond donors (Lipinski definition) is 2. The Balaban J connectivity index is 2.06. The maximum Gasteiger partial charge on any atom is 0.488 e. The molecule has 3 rings (SSSR count). The summed E-state index contributed by atoms with van der Waals surface area (Å²) < 4.78 is 0. The second-order valence-electron chi connectivity index (χ2n) is 4.97. The molecular weight excluding hydrogens is 290 g/mol. The van der Waals surface area contributed by atoms with E-state index in [1.807, 2.05) is 24.3 Å². The van der Waals surface area contributed by atoms with Crippen LogP contribution < -0.4 is 21.4 Å². The normalized spacial score (nSPS) is 10.7. The molecule has 0 amide bonds. The Bertz CT molecular complexity index is 676. The second kappa shape index (κ2) is 6.89. The minimum atomic E-state index is -1.42. The molecule has 0 spiro atoms. The van der Waals surface area contributed by atoms with Crippen LogP contribution in [0.25, 0.3) is 0 Å². The molecular formula is C18H16BO2P. The monoisotopic (exact) mass is 306 g/mol. The molecule has 108 valence electrons. The van der Waals surface area contributed by atoms with Crippen LogP contribution in [-0.2, 0) is 0 Å². The molecule has 0 aliphatic heterocycles.